The molecule has 1 saturated heterocycles. The molecule has 0 bridgehead atoms. The number of anilines is 1. The molecule has 1 aromatic heterocycles. The van der Waals surface area contributed by atoms with Gasteiger partial charge in [-0.15, -0.1) is 35.3 Å². The molecule has 3 rings (SSSR count). The van der Waals surface area contributed by atoms with Crippen molar-refractivity contribution < 1.29 is 17.9 Å². The second kappa shape index (κ2) is 11.0. The predicted octanol–water partition coefficient (Wildman–Crippen LogP) is 3.48. The van der Waals surface area contributed by atoms with Crippen LogP contribution in [0.15, 0.2) is 34.6 Å². The van der Waals surface area contributed by atoms with E-state index >= 15 is 0 Å². The molecule has 1 aliphatic rings. The molecule has 1 fully saturated rings. The molecule has 1 aliphatic heterocycles. The van der Waals surface area contributed by atoms with Crippen LogP contribution in [0.25, 0.3) is 0 Å². The molecular weight excluding hydrogens is 518 g/mol. The Morgan fingerprint density at radius 2 is 1.83 bits per heavy atom. The van der Waals surface area contributed by atoms with Crippen LogP contribution in [0.5, 0.6) is 0 Å². The van der Waals surface area contributed by atoms with Crippen molar-refractivity contribution in [3.05, 3.63) is 45.9 Å². The van der Waals surface area contributed by atoms with Crippen LogP contribution >= 0.6 is 35.3 Å². The van der Waals surface area contributed by atoms with Crippen molar-refractivity contribution in [3.8, 4) is 0 Å². The molecule has 6 nitrogen and oxygen atoms in total. The number of hydrogen-bond donors (Lipinski definition) is 2. The van der Waals surface area contributed by atoms with Gasteiger partial charge in [-0.25, -0.2) is 4.98 Å². The van der Waals surface area contributed by atoms with Crippen LogP contribution in [-0.2, 0) is 24.0 Å². The molecule has 2 aromatic rings. The van der Waals surface area contributed by atoms with E-state index in [1.54, 1.807) is 7.05 Å². The van der Waals surface area contributed by atoms with Gasteiger partial charge in [0, 0.05) is 37.7 Å². The van der Waals surface area contributed by atoms with Crippen LogP contribution < -0.4 is 15.5 Å². The highest BCUT2D eigenvalue weighted by Gasteiger charge is 2.33. The van der Waals surface area contributed by atoms with Crippen molar-refractivity contribution in [1.29, 1.82) is 0 Å². The van der Waals surface area contributed by atoms with Crippen molar-refractivity contribution in [2.75, 3.05) is 38.3 Å². The maximum atomic E-state index is 12.6. The van der Waals surface area contributed by atoms with Gasteiger partial charge in [0.15, 0.2) is 11.7 Å². The summed E-state index contributed by atoms with van der Waals surface area (Å²) in [4.78, 5) is 9.97. The van der Waals surface area contributed by atoms with E-state index in [0.717, 1.165) is 48.6 Å². The number of ether oxygens (including phenoxy) is 1. The lowest BCUT2D eigenvalue weighted by Crippen LogP contribution is -2.36. The van der Waals surface area contributed by atoms with Gasteiger partial charge in [-0.3, -0.25) is 4.99 Å². The number of morpholine rings is 1. The molecule has 2 heterocycles. The minimum absolute atomic E-state index is 0. The molecule has 0 spiro atoms. The normalized spacial score (nSPS) is 15.0. The van der Waals surface area contributed by atoms with Gasteiger partial charge in [-0.2, -0.15) is 13.2 Å². The van der Waals surface area contributed by atoms with Gasteiger partial charge < -0.3 is 20.3 Å². The number of nitrogens with zero attached hydrogens (tertiary/aromatic N) is 3. The first kappa shape index (κ1) is 23.7. The Morgan fingerprint density at radius 3 is 2.41 bits per heavy atom. The van der Waals surface area contributed by atoms with E-state index in [1.165, 1.54) is 5.69 Å². The van der Waals surface area contributed by atoms with E-state index in [0.29, 0.717) is 17.5 Å². The number of rotatable bonds is 5. The van der Waals surface area contributed by atoms with E-state index in [1.807, 2.05) is 12.1 Å². The average Bonchev–Trinajstić information content (AvgIpc) is 3.19. The highest BCUT2D eigenvalue weighted by atomic mass is 127. The summed E-state index contributed by atoms with van der Waals surface area (Å²) in [6.45, 7) is 4.00. The Labute approximate surface area is 188 Å². The highest BCUT2D eigenvalue weighted by Crippen LogP contribution is 2.29. The van der Waals surface area contributed by atoms with Gasteiger partial charge in [0.1, 0.15) is 5.01 Å². The van der Waals surface area contributed by atoms with Crippen LogP contribution in [0.1, 0.15) is 16.3 Å². The van der Waals surface area contributed by atoms with Crippen LogP contribution in [0, 0.1) is 0 Å². The Kier molecular flexibility index (Phi) is 8.96. The summed E-state index contributed by atoms with van der Waals surface area (Å²) < 4.78 is 43.2. The third kappa shape index (κ3) is 7.00. The fourth-order valence-corrected chi connectivity index (χ4v) is 3.47. The molecule has 1 aromatic carbocycles. The molecule has 160 valence electrons. The first-order chi connectivity index (χ1) is 13.5. The van der Waals surface area contributed by atoms with E-state index in [2.05, 4.69) is 37.6 Å². The Morgan fingerprint density at radius 1 is 1.17 bits per heavy atom. The fourth-order valence-electron chi connectivity index (χ4n) is 2.73. The predicted molar refractivity (Wildman–Crippen MR) is 119 cm³/mol. The second-order valence-electron chi connectivity index (χ2n) is 6.17. The van der Waals surface area contributed by atoms with Gasteiger partial charge >= 0.3 is 6.18 Å². The first-order valence-electron chi connectivity index (χ1n) is 8.83. The number of guanidine groups is 1. The minimum Gasteiger partial charge on any atom is -0.378 e. The van der Waals surface area contributed by atoms with Gasteiger partial charge in [-0.1, -0.05) is 12.1 Å². The summed E-state index contributed by atoms with van der Waals surface area (Å²) in [5.74, 6) is 0.501. The molecule has 0 unspecified atom stereocenters. The number of nitrogens with one attached hydrogen (secondary N) is 2. The topological polar surface area (TPSA) is 61.8 Å². The average molecular weight is 541 g/mol. The zero-order chi connectivity index (χ0) is 20.0. The van der Waals surface area contributed by atoms with Crippen molar-refractivity contribution >= 4 is 47.0 Å². The van der Waals surface area contributed by atoms with E-state index in [4.69, 9.17) is 4.74 Å². The molecule has 0 saturated carbocycles. The lowest BCUT2D eigenvalue weighted by atomic mass is 10.2. The van der Waals surface area contributed by atoms with Crippen LogP contribution in [0.3, 0.4) is 0 Å². The maximum absolute atomic E-state index is 12.6. The number of thiazole rings is 1. The monoisotopic (exact) mass is 541 g/mol. The van der Waals surface area contributed by atoms with E-state index in [-0.39, 0.29) is 30.5 Å². The summed E-state index contributed by atoms with van der Waals surface area (Å²) in [6, 6.07) is 8.24. The standard InChI is InChI=1S/C18H22F3N5OS.HI/c1-22-17(24-11-16-25-15(12-28-16)18(19,20)21)23-10-13-2-4-14(5-3-13)26-6-8-27-9-7-26;/h2-5,12H,6-11H2,1H3,(H2,22,23,24);1H. The van der Waals surface area contributed by atoms with Crippen molar-refractivity contribution in [3.63, 3.8) is 0 Å². The van der Waals surface area contributed by atoms with Crippen LogP contribution in [0.2, 0.25) is 0 Å². The quantitative estimate of drug-likeness (QED) is 0.345. The second-order valence-corrected chi connectivity index (χ2v) is 7.11. The number of aliphatic imine (C=N–C) groups is 1. The largest absolute Gasteiger partial charge is 0.434 e. The van der Waals surface area contributed by atoms with Crippen LogP contribution in [0.4, 0.5) is 18.9 Å². The fraction of sp³-hybridized carbons (Fsp3) is 0.444. The third-order valence-electron chi connectivity index (χ3n) is 4.25. The summed E-state index contributed by atoms with van der Waals surface area (Å²) in [5.41, 5.74) is 1.38. The maximum Gasteiger partial charge on any atom is 0.434 e. The van der Waals surface area contributed by atoms with Crippen molar-refractivity contribution in [2.45, 2.75) is 19.3 Å². The molecule has 11 heteroatoms. The smallest absolute Gasteiger partial charge is 0.378 e. The summed E-state index contributed by atoms with van der Waals surface area (Å²) in [6.07, 6.45) is -4.41. The summed E-state index contributed by atoms with van der Waals surface area (Å²) in [5, 5.41) is 7.50. The van der Waals surface area contributed by atoms with E-state index in [9.17, 15) is 13.2 Å². The number of alkyl halides is 3. The summed E-state index contributed by atoms with van der Waals surface area (Å²) in [7, 11) is 1.61. The number of aromatic nitrogens is 1. The van der Waals surface area contributed by atoms with Gasteiger partial charge in [0.2, 0.25) is 0 Å². The van der Waals surface area contributed by atoms with E-state index < -0.39 is 11.9 Å². The molecule has 0 amide bonds. The molecule has 2 N–H and O–H groups in total. The Bertz CT molecular complexity index is 792. The zero-order valence-corrected chi connectivity index (χ0v) is 19.0. The first-order valence-corrected chi connectivity index (χ1v) is 9.71. The Hall–Kier alpha value is -1.60. The van der Waals surface area contributed by atoms with Gasteiger partial charge in [0.05, 0.1) is 19.8 Å². The van der Waals surface area contributed by atoms with Gasteiger partial charge in [-0.05, 0) is 17.7 Å². The lowest BCUT2D eigenvalue weighted by molar-refractivity contribution is -0.140. The molecule has 29 heavy (non-hydrogen) atoms. The van der Waals surface area contributed by atoms with Crippen molar-refractivity contribution in [2.24, 2.45) is 4.99 Å². The SMILES string of the molecule is CN=C(NCc1ccc(N2CCOCC2)cc1)NCc1nc(C(F)(F)F)cs1.I. The number of hydrogen-bond acceptors (Lipinski definition) is 5. The van der Waals surface area contributed by atoms with Crippen LogP contribution in [-0.4, -0.2) is 44.3 Å². The number of halogens is 4. The zero-order valence-electron chi connectivity index (χ0n) is 15.8. The lowest BCUT2D eigenvalue weighted by Gasteiger charge is -2.28. The number of benzene rings is 1. The molecule has 0 radical (unpaired) electrons. The highest BCUT2D eigenvalue weighted by molar-refractivity contribution is 14.0. The van der Waals surface area contributed by atoms with Gasteiger partial charge in [0.25, 0.3) is 0 Å². The Balaban J connectivity index is 0.00000300. The third-order valence-corrected chi connectivity index (χ3v) is 5.09. The minimum atomic E-state index is -4.41. The molecule has 0 aliphatic carbocycles. The molecular formula is C18H23F3IN5OS. The summed E-state index contributed by atoms with van der Waals surface area (Å²) >= 11 is 0.969. The van der Waals surface area contributed by atoms with Crippen molar-refractivity contribution in [1.82, 2.24) is 15.6 Å². The molecule has 0 atom stereocenters.